The number of benzene rings is 1. The van der Waals surface area contributed by atoms with Crippen molar-refractivity contribution >= 4 is 15.9 Å². The molecule has 1 unspecified atom stereocenters. The highest BCUT2D eigenvalue weighted by Crippen LogP contribution is 2.50. The van der Waals surface area contributed by atoms with Gasteiger partial charge in [-0.15, -0.1) is 0 Å². The van der Waals surface area contributed by atoms with Gasteiger partial charge in [0.05, 0.1) is 0 Å². The van der Waals surface area contributed by atoms with Gasteiger partial charge in [0.25, 0.3) is 0 Å². The van der Waals surface area contributed by atoms with E-state index in [1.165, 1.54) is 0 Å². The first-order valence-corrected chi connectivity index (χ1v) is 6.48. The summed E-state index contributed by atoms with van der Waals surface area (Å²) in [6.07, 6.45) is 2.12. The highest BCUT2D eigenvalue weighted by atomic mass is 79.9. The van der Waals surface area contributed by atoms with E-state index in [1.807, 2.05) is 6.07 Å². The van der Waals surface area contributed by atoms with Crippen LogP contribution in [-0.2, 0) is 5.54 Å². The van der Waals surface area contributed by atoms with E-state index in [0.29, 0.717) is 16.0 Å². The lowest BCUT2D eigenvalue weighted by Gasteiger charge is -2.26. The summed E-state index contributed by atoms with van der Waals surface area (Å²) in [6.45, 7) is 3.28. The van der Waals surface area contributed by atoms with E-state index in [9.17, 15) is 5.11 Å². The molecule has 1 atom stereocenters. The van der Waals surface area contributed by atoms with E-state index in [4.69, 9.17) is 9.47 Å². The Morgan fingerprint density at radius 3 is 3.00 bits per heavy atom. The largest absolute Gasteiger partial charge is 0.506 e. The predicted molar refractivity (Wildman–Crippen MR) is 66.5 cm³/mol. The molecule has 1 fully saturated rings. The van der Waals surface area contributed by atoms with Crippen molar-refractivity contribution in [3.05, 3.63) is 16.1 Å². The number of phenolic OH excluding ortho intramolecular Hbond substituents is 1. The number of hydrogen-bond acceptors (Lipinski definition) is 4. The molecule has 3 rings (SSSR count). The number of ether oxygens (including phenoxy) is 2. The van der Waals surface area contributed by atoms with Gasteiger partial charge in [-0.1, -0.05) is 0 Å². The van der Waals surface area contributed by atoms with Crippen molar-refractivity contribution < 1.29 is 14.6 Å². The molecule has 2 aliphatic heterocycles. The van der Waals surface area contributed by atoms with Crippen molar-refractivity contribution in [2.45, 2.75) is 25.3 Å². The van der Waals surface area contributed by atoms with Gasteiger partial charge in [0.15, 0.2) is 11.5 Å². The summed E-state index contributed by atoms with van der Waals surface area (Å²) in [7, 11) is 0. The zero-order valence-corrected chi connectivity index (χ0v) is 11.1. The summed E-state index contributed by atoms with van der Waals surface area (Å²) in [5.74, 6) is 1.53. The third kappa shape index (κ3) is 1.60. The Morgan fingerprint density at radius 1 is 1.47 bits per heavy atom. The van der Waals surface area contributed by atoms with Gasteiger partial charge in [-0.25, -0.2) is 0 Å². The molecule has 4 nitrogen and oxygen atoms in total. The maximum Gasteiger partial charge on any atom is 0.231 e. The van der Waals surface area contributed by atoms with Crippen LogP contribution < -0.4 is 14.8 Å². The molecule has 0 aromatic heterocycles. The highest BCUT2D eigenvalue weighted by molar-refractivity contribution is 9.10. The van der Waals surface area contributed by atoms with Crippen LogP contribution in [0, 0.1) is 0 Å². The minimum absolute atomic E-state index is 0.187. The maximum absolute atomic E-state index is 10.3. The third-order valence-electron chi connectivity index (χ3n) is 3.54. The number of aromatic hydroxyl groups is 1. The Hall–Kier alpha value is -0.940. The van der Waals surface area contributed by atoms with E-state index in [-0.39, 0.29) is 18.1 Å². The minimum atomic E-state index is -0.187. The van der Waals surface area contributed by atoms with Crippen molar-refractivity contribution in [3.8, 4) is 17.2 Å². The number of halogens is 1. The molecule has 2 heterocycles. The van der Waals surface area contributed by atoms with Crippen molar-refractivity contribution in [2.75, 3.05) is 13.3 Å². The fourth-order valence-corrected chi connectivity index (χ4v) is 3.06. The summed E-state index contributed by atoms with van der Waals surface area (Å²) in [5, 5.41) is 13.7. The van der Waals surface area contributed by atoms with Crippen LogP contribution in [0.4, 0.5) is 0 Å². The number of phenols is 1. The van der Waals surface area contributed by atoms with Crippen LogP contribution >= 0.6 is 15.9 Å². The molecule has 1 saturated heterocycles. The van der Waals surface area contributed by atoms with Crippen LogP contribution in [0.3, 0.4) is 0 Å². The average molecular weight is 300 g/mol. The molecule has 2 aliphatic rings. The summed E-state index contributed by atoms with van der Waals surface area (Å²) >= 11 is 3.37. The van der Waals surface area contributed by atoms with E-state index in [2.05, 4.69) is 28.2 Å². The first kappa shape index (κ1) is 11.2. The summed E-state index contributed by atoms with van der Waals surface area (Å²) < 4.78 is 11.3. The SMILES string of the molecule is CC1(c2cc3c(c(Br)c2O)OCO3)CCCN1. The van der Waals surface area contributed by atoms with Crippen molar-refractivity contribution in [1.29, 1.82) is 0 Å². The van der Waals surface area contributed by atoms with Crippen molar-refractivity contribution in [3.63, 3.8) is 0 Å². The van der Waals surface area contributed by atoms with Gasteiger partial charge in [-0.05, 0) is 48.3 Å². The highest BCUT2D eigenvalue weighted by Gasteiger charge is 2.35. The summed E-state index contributed by atoms with van der Waals surface area (Å²) in [4.78, 5) is 0. The lowest BCUT2D eigenvalue weighted by atomic mass is 9.89. The molecule has 0 saturated carbocycles. The molecule has 2 N–H and O–H groups in total. The Kier molecular flexibility index (Phi) is 2.48. The Balaban J connectivity index is 2.14. The molecule has 0 bridgehead atoms. The zero-order valence-electron chi connectivity index (χ0n) is 9.55. The van der Waals surface area contributed by atoms with Gasteiger partial charge in [-0.3, -0.25) is 0 Å². The van der Waals surface area contributed by atoms with Crippen LogP contribution in [0.5, 0.6) is 17.2 Å². The summed E-state index contributed by atoms with van der Waals surface area (Å²) in [6, 6.07) is 1.88. The van der Waals surface area contributed by atoms with Crippen LogP contribution in [-0.4, -0.2) is 18.4 Å². The number of hydrogen-bond donors (Lipinski definition) is 2. The molecule has 0 aliphatic carbocycles. The van der Waals surface area contributed by atoms with E-state index in [1.54, 1.807) is 0 Å². The topological polar surface area (TPSA) is 50.7 Å². The first-order valence-electron chi connectivity index (χ1n) is 5.68. The van der Waals surface area contributed by atoms with Crippen LogP contribution in [0.1, 0.15) is 25.3 Å². The summed E-state index contributed by atoms with van der Waals surface area (Å²) in [5.41, 5.74) is 0.680. The first-order chi connectivity index (χ1) is 8.12. The molecule has 1 aromatic carbocycles. The lowest BCUT2D eigenvalue weighted by Crippen LogP contribution is -2.33. The van der Waals surface area contributed by atoms with Crippen molar-refractivity contribution in [1.82, 2.24) is 5.32 Å². The smallest absolute Gasteiger partial charge is 0.231 e. The van der Waals surface area contributed by atoms with Crippen molar-refractivity contribution in [2.24, 2.45) is 0 Å². The number of fused-ring (bicyclic) bond motifs is 1. The van der Waals surface area contributed by atoms with Gasteiger partial charge in [0.1, 0.15) is 10.2 Å². The fraction of sp³-hybridized carbons (Fsp3) is 0.500. The molecule has 0 amide bonds. The maximum atomic E-state index is 10.3. The lowest BCUT2D eigenvalue weighted by molar-refractivity contribution is 0.173. The quantitative estimate of drug-likeness (QED) is 0.836. The predicted octanol–water partition coefficient (Wildman–Crippen LogP) is 2.48. The second kappa shape index (κ2) is 3.78. The normalized spacial score (nSPS) is 26.5. The third-order valence-corrected chi connectivity index (χ3v) is 4.28. The Morgan fingerprint density at radius 2 is 2.29 bits per heavy atom. The van der Waals surface area contributed by atoms with Gasteiger partial charge in [0.2, 0.25) is 6.79 Å². The van der Waals surface area contributed by atoms with E-state index < -0.39 is 0 Å². The second-order valence-electron chi connectivity index (χ2n) is 4.68. The molecule has 92 valence electrons. The van der Waals surface area contributed by atoms with Gasteiger partial charge in [0, 0.05) is 11.1 Å². The van der Waals surface area contributed by atoms with Crippen LogP contribution in [0.15, 0.2) is 10.5 Å². The molecular formula is C12H14BrNO3. The van der Waals surface area contributed by atoms with Crippen LogP contribution in [0.2, 0.25) is 0 Å². The van der Waals surface area contributed by atoms with Crippen LogP contribution in [0.25, 0.3) is 0 Å². The molecule has 0 spiro atoms. The van der Waals surface area contributed by atoms with Gasteiger partial charge < -0.3 is 19.9 Å². The van der Waals surface area contributed by atoms with Gasteiger partial charge >= 0.3 is 0 Å². The standard InChI is InChI=1S/C12H14BrNO3/c1-12(3-2-4-14-12)7-5-8-11(17-6-16-8)9(13)10(7)15/h5,14-15H,2-4,6H2,1H3. The number of nitrogens with one attached hydrogen (secondary N) is 1. The number of rotatable bonds is 1. The molecule has 1 aromatic rings. The average Bonchev–Trinajstić information content (AvgIpc) is 2.92. The monoisotopic (exact) mass is 299 g/mol. The second-order valence-corrected chi connectivity index (χ2v) is 5.48. The minimum Gasteiger partial charge on any atom is -0.506 e. The Labute approximate surface area is 108 Å². The molecular weight excluding hydrogens is 286 g/mol. The molecule has 17 heavy (non-hydrogen) atoms. The molecule has 5 heteroatoms. The zero-order chi connectivity index (χ0) is 12.0. The van der Waals surface area contributed by atoms with E-state index in [0.717, 1.165) is 24.9 Å². The Bertz CT molecular complexity index is 469. The molecule has 0 radical (unpaired) electrons. The fourth-order valence-electron chi connectivity index (χ4n) is 2.54. The van der Waals surface area contributed by atoms with E-state index >= 15 is 0 Å². The van der Waals surface area contributed by atoms with Gasteiger partial charge in [-0.2, -0.15) is 0 Å².